The fourth-order valence-corrected chi connectivity index (χ4v) is 4.44. The zero-order chi connectivity index (χ0) is 18.9. The molecule has 1 fully saturated rings. The molecular weight excluding hydrogens is 375 g/mol. The van der Waals surface area contributed by atoms with Gasteiger partial charge >= 0.3 is 0 Å². The summed E-state index contributed by atoms with van der Waals surface area (Å²) in [5.74, 6) is 0.552. The predicted octanol–water partition coefficient (Wildman–Crippen LogP) is 5.51. The Bertz CT molecular complexity index is 1130. The summed E-state index contributed by atoms with van der Waals surface area (Å²) in [6, 6.07) is 16.3. The topological polar surface area (TPSA) is 39.7 Å². The van der Waals surface area contributed by atoms with E-state index in [-0.39, 0.29) is 11.9 Å². The third-order valence-electron chi connectivity index (χ3n) is 4.94. The van der Waals surface area contributed by atoms with E-state index in [0.29, 0.717) is 0 Å². The van der Waals surface area contributed by atoms with Gasteiger partial charge in [-0.1, -0.05) is 18.2 Å². The Hall–Kier alpha value is -2.70. The first-order valence-electron chi connectivity index (χ1n) is 9.35. The third-order valence-corrected chi connectivity index (χ3v) is 5.80. The van der Waals surface area contributed by atoms with Crippen molar-refractivity contribution in [1.82, 2.24) is 4.57 Å². The predicted molar refractivity (Wildman–Crippen MR) is 108 cm³/mol. The highest BCUT2D eigenvalue weighted by Crippen LogP contribution is 2.29. The van der Waals surface area contributed by atoms with Gasteiger partial charge in [-0.05, 0) is 49.2 Å². The molecule has 0 amide bonds. The van der Waals surface area contributed by atoms with E-state index in [0.717, 1.165) is 58.9 Å². The van der Waals surface area contributed by atoms with Crippen LogP contribution in [0.2, 0.25) is 0 Å². The lowest BCUT2D eigenvalue weighted by molar-refractivity contribution is 0.0967. The minimum Gasteiger partial charge on any atom is -0.454 e. The van der Waals surface area contributed by atoms with Gasteiger partial charge in [0, 0.05) is 17.4 Å². The molecule has 28 heavy (non-hydrogen) atoms. The summed E-state index contributed by atoms with van der Waals surface area (Å²) in [6.45, 7) is 1.52. The zero-order valence-corrected chi connectivity index (χ0v) is 16.0. The van der Waals surface area contributed by atoms with Gasteiger partial charge in [-0.2, -0.15) is 0 Å². The van der Waals surface area contributed by atoms with Crippen LogP contribution in [-0.2, 0) is 11.3 Å². The zero-order valence-electron chi connectivity index (χ0n) is 15.2. The van der Waals surface area contributed by atoms with Crippen LogP contribution in [0.3, 0.4) is 0 Å². The van der Waals surface area contributed by atoms with E-state index >= 15 is 0 Å². The van der Waals surface area contributed by atoms with E-state index in [1.165, 1.54) is 12.1 Å². The van der Waals surface area contributed by atoms with E-state index in [1.807, 2.05) is 24.3 Å². The molecule has 0 saturated carbocycles. The number of hydrogen-bond acceptors (Lipinski definition) is 4. The Balaban J connectivity index is 1.61. The van der Waals surface area contributed by atoms with Crippen LogP contribution < -0.4 is 4.80 Å². The number of hydrogen-bond donors (Lipinski definition) is 0. The molecule has 0 radical (unpaired) electrons. The van der Waals surface area contributed by atoms with Gasteiger partial charge in [0.05, 0.1) is 24.0 Å². The maximum Gasteiger partial charge on any atom is 0.190 e. The van der Waals surface area contributed by atoms with Gasteiger partial charge in [0.25, 0.3) is 0 Å². The van der Waals surface area contributed by atoms with Crippen molar-refractivity contribution < 1.29 is 13.5 Å². The standard InChI is InChI=1S/C22H19FN2O2S/c23-16-7-9-17(10-8-16)24-22-25(13-18-5-3-11-26-18)19(14-28-22)21-12-15-4-1-2-6-20(15)27-21/h1-2,4,6-10,12,14,18H,3,5,11,13H2. The molecule has 1 aliphatic rings. The molecule has 0 N–H and O–H groups in total. The number of fused-ring (bicyclic) bond motifs is 1. The van der Waals surface area contributed by atoms with Gasteiger partial charge in [0.1, 0.15) is 11.4 Å². The quantitative estimate of drug-likeness (QED) is 0.458. The molecule has 3 heterocycles. The fourth-order valence-electron chi connectivity index (χ4n) is 3.52. The Kier molecular flexibility index (Phi) is 4.58. The van der Waals surface area contributed by atoms with Crippen LogP contribution in [0.4, 0.5) is 10.1 Å². The minimum absolute atomic E-state index is 0.171. The van der Waals surface area contributed by atoms with Crippen LogP contribution >= 0.6 is 11.3 Å². The Labute approximate surface area is 165 Å². The molecule has 0 spiro atoms. The molecule has 5 rings (SSSR count). The second-order valence-corrected chi connectivity index (χ2v) is 7.72. The lowest BCUT2D eigenvalue weighted by Crippen LogP contribution is -2.23. The molecule has 0 aliphatic carbocycles. The average Bonchev–Trinajstić information content (AvgIpc) is 3.44. The summed E-state index contributed by atoms with van der Waals surface area (Å²) in [7, 11) is 0. The van der Waals surface area contributed by atoms with Crippen molar-refractivity contribution in [3.63, 3.8) is 0 Å². The number of rotatable bonds is 4. The van der Waals surface area contributed by atoms with Crippen molar-refractivity contribution in [2.45, 2.75) is 25.5 Å². The van der Waals surface area contributed by atoms with Gasteiger partial charge in [-0.3, -0.25) is 0 Å². The van der Waals surface area contributed by atoms with Crippen molar-refractivity contribution >= 4 is 28.0 Å². The fraction of sp³-hybridized carbons (Fsp3) is 0.227. The number of furan rings is 1. The number of nitrogens with zero attached hydrogens (tertiary/aromatic N) is 2. The molecule has 142 valence electrons. The average molecular weight is 394 g/mol. The highest BCUT2D eigenvalue weighted by molar-refractivity contribution is 7.07. The summed E-state index contributed by atoms with van der Waals surface area (Å²) < 4.78 is 27.3. The normalized spacial score (nSPS) is 17.6. The molecule has 4 nitrogen and oxygen atoms in total. The first-order valence-corrected chi connectivity index (χ1v) is 10.2. The maximum atomic E-state index is 13.2. The van der Waals surface area contributed by atoms with Crippen LogP contribution in [0.25, 0.3) is 22.4 Å². The lowest BCUT2D eigenvalue weighted by atomic mass is 10.2. The number of ether oxygens (including phenoxy) is 1. The summed E-state index contributed by atoms with van der Waals surface area (Å²) >= 11 is 1.55. The first kappa shape index (κ1) is 17.4. The van der Waals surface area contributed by atoms with Crippen molar-refractivity contribution in [3.8, 4) is 11.5 Å². The minimum atomic E-state index is -0.264. The maximum absolute atomic E-state index is 13.2. The number of para-hydroxylation sites is 1. The van der Waals surface area contributed by atoms with Crippen molar-refractivity contribution in [2.75, 3.05) is 6.61 Å². The highest BCUT2D eigenvalue weighted by Gasteiger charge is 2.20. The molecule has 1 aliphatic heterocycles. The van der Waals surface area contributed by atoms with Gasteiger partial charge in [-0.15, -0.1) is 11.3 Å². The summed E-state index contributed by atoms with van der Waals surface area (Å²) in [6.07, 6.45) is 2.29. The second kappa shape index (κ2) is 7.37. The molecule has 1 atom stereocenters. The van der Waals surface area contributed by atoms with E-state index in [9.17, 15) is 4.39 Å². The van der Waals surface area contributed by atoms with E-state index < -0.39 is 0 Å². The van der Waals surface area contributed by atoms with Crippen LogP contribution in [0.5, 0.6) is 0 Å². The van der Waals surface area contributed by atoms with Crippen molar-refractivity contribution in [3.05, 3.63) is 70.6 Å². The molecule has 6 heteroatoms. The molecule has 1 saturated heterocycles. The molecule has 0 bridgehead atoms. The van der Waals surface area contributed by atoms with Crippen LogP contribution in [0.15, 0.2) is 69.4 Å². The summed E-state index contributed by atoms with van der Waals surface area (Å²) in [5.41, 5.74) is 2.57. The van der Waals surface area contributed by atoms with Gasteiger partial charge in [0.2, 0.25) is 0 Å². The lowest BCUT2D eigenvalue weighted by Gasteiger charge is -2.13. The first-order chi connectivity index (χ1) is 13.8. The third kappa shape index (κ3) is 3.41. The van der Waals surface area contributed by atoms with Crippen molar-refractivity contribution in [1.29, 1.82) is 0 Å². The van der Waals surface area contributed by atoms with Gasteiger partial charge in [0.15, 0.2) is 10.6 Å². The van der Waals surface area contributed by atoms with Crippen LogP contribution in [0.1, 0.15) is 12.8 Å². The van der Waals surface area contributed by atoms with Gasteiger partial charge < -0.3 is 13.7 Å². The number of benzene rings is 2. The Morgan fingerprint density at radius 3 is 2.79 bits per heavy atom. The smallest absolute Gasteiger partial charge is 0.190 e. The monoisotopic (exact) mass is 394 g/mol. The molecular formula is C22H19FN2O2S. The highest BCUT2D eigenvalue weighted by atomic mass is 32.1. The molecule has 1 unspecified atom stereocenters. The molecule has 4 aromatic rings. The molecule has 2 aromatic heterocycles. The Morgan fingerprint density at radius 1 is 1.14 bits per heavy atom. The summed E-state index contributed by atoms with van der Waals surface area (Å²) in [4.78, 5) is 5.59. The SMILES string of the molecule is Fc1ccc(N=c2scc(-c3cc4ccccc4o3)n2CC2CCCO2)cc1. The van der Waals surface area contributed by atoms with Crippen molar-refractivity contribution in [2.24, 2.45) is 4.99 Å². The van der Waals surface area contributed by atoms with E-state index in [4.69, 9.17) is 14.1 Å². The largest absolute Gasteiger partial charge is 0.454 e. The van der Waals surface area contributed by atoms with E-state index in [2.05, 4.69) is 16.0 Å². The number of aromatic nitrogens is 1. The number of thiazole rings is 1. The second-order valence-electron chi connectivity index (χ2n) is 6.89. The van der Waals surface area contributed by atoms with Crippen LogP contribution in [0, 0.1) is 5.82 Å². The molecule has 2 aromatic carbocycles. The van der Waals surface area contributed by atoms with Gasteiger partial charge in [-0.25, -0.2) is 9.38 Å². The van der Waals surface area contributed by atoms with Crippen LogP contribution in [-0.4, -0.2) is 17.3 Å². The summed E-state index contributed by atoms with van der Waals surface area (Å²) in [5, 5.41) is 3.14. The number of halogens is 1. The van der Waals surface area contributed by atoms with E-state index in [1.54, 1.807) is 23.5 Å². The Morgan fingerprint density at radius 2 is 2.00 bits per heavy atom.